The van der Waals surface area contributed by atoms with Crippen LogP contribution in [0, 0.1) is 0 Å². The maximum atomic E-state index is 11.8. The molecule has 2 aromatic carbocycles. The third kappa shape index (κ3) is 1.81. The molecule has 0 fully saturated rings. The fraction of sp³-hybridized carbons (Fsp3) is 0.0909. The second-order valence-electron chi connectivity index (χ2n) is 3.36. The number of halogens is 1. The second-order valence-corrected chi connectivity index (χ2v) is 6.59. The van der Waals surface area contributed by atoms with E-state index in [-0.39, 0.29) is 15.3 Å². The number of sulfone groups is 1. The predicted molar refractivity (Wildman–Crippen MR) is 66.6 cm³/mol. The molecular weight excluding hydrogens is 292 g/mol. The minimum atomic E-state index is -3.49. The Hall–Kier alpha value is -1.07. The van der Waals surface area contributed by atoms with E-state index in [9.17, 15) is 13.5 Å². The summed E-state index contributed by atoms with van der Waals surface area (Å²) in [6.07, 6.45) is 0. The van der Waals surface area contributed by atoms with Crippen LogP contribution in [0.25, 0.3) is 10.8 Å². The highest BCUT2D eigenvalue weighted by atomic mass is 79.9. The molecule has 0 saturated carbocycles. The number of aromatic hydroxyl groups is 1. The van der Waals surface area contributed by atoms with E-state index < -0.39 is 9.84 Å². The summed E-state index contributed by atoms with van der Waals surface area (Å²) in [7, 11) is -3.49. The van der Waals surface area contributed by atoms with Crippen molar-refractivity contribution in [1.29, 1.82) is 0 Å². The van der Waals surface area contributed by atoms with E-state index in [2.05, 4.69) is 15.9 Å². The smallest absolute Gasteiger partial charge is 0.192 e. The first-order valence-corrected chi connectivity index (χ1v) is 7.33. The predicted octanol–water partition coefficient (Wildman–Crippen LogP) is 2.67. The summed E-state index contributed by atoms with van der Waals surface area (Å²) in [6, 6.07) is 10.2. The zero-order chi connectivity index (χ0) is 11.8. The Morgan fingerprint density at radius 3 is 2.50 bits per heavy atom. The molecule has 0 radical (unpaired) electrons. The molecule has 0 aliphatic rings. The molecule has 0 heterocycles. The normalized spacial score (nSPS) is 11.8. The molecule has 0 aromatic heterocycles. The molecule has 2 rings (SSSR count). The lowest BCUT2D eigenvalue weighted by Gasteiger charge is -2.07. The van der Waals surface area contributed by atoms with Crippen molar-refractivity contribution in [2.75, 3.05) is 4.66 Å². The van der Waals surface area contributed by atoms with Gasteiger partial charge in [0.1, 0.15) is 15.3 Å². The van der Waals surface area contributed by atoms with Crippen LogP contribution in [0.1, 0.15) is 0 Å². The molecule has 0 aliphatic heterocycles. The molecule has 1 N–H and O–H groups in total. The number of phenolic OH excluding ortho intramolecular Hbond substituents is 1. The van der Waals surface area contributed by atoms with Gasteiger partial charge in [-0.05, 0) is 11.5 Å². The highest BCUT2D eigenvalue weighted by Gasteiger charge is 2.20. The Labute approximate surface area is 102 Å². The Bertz CT molecular complexity index is 635. The third-order valence-corrected chi connectivity index (χ3v) is 5.46. The highest BCUT2D eigenvalue weighted by molar-refractivity contribution is 9.10. The molecule has 5 heteroatoms. The number of fused-ring (bicyclic) bond motifs is 1. The van der Waals surface area contributed by atoms with Gasteiger partial charge in [0, 0.05) is 5.39 Å². The number of benzene rings is 2. The highest BCUT2D eigenvalue weighted by Crippen LogP contribution is 2.32. The van der Waals surface area contributed by atoms with E-state index in [0.29, 0.717) is 5.39 Å². The van der Waals surface area contributed by atoms with Gasteiger partial charge in [0.25, 0.3) is 0 Å². The van der Waals surface area contributed by atoms with Crippen molar-refractivity contribution in [1.82, 2.24) is 0 Å². The van der Waals surface area contributed by atoms with E-state index in [1.165, 1.54) is 6.07 Å². The maximum Gasteiger partial charge on any atom is 0.192 e. The first-order chi connectivity index (χ1) is 7.56. The number of phenols is 1. The molecule has 3 nitrogen and oxygen atoms in total. The van der Waals surface area contributed by atoms with Gasteiger partial charge < -0.3 is 5.11 Å². The van der Waals surface area contributed by atoms with Gasteiger partial charge in [-0.25, -0.2) is 8.42 Å². The summed E-state index contributed by atoms with van der Waals surface area (Å²) in [5.74, 6) is -0.210. The molecule has 84 valence electrons. The standard InChI is InChI=1S/C11H9BrO3S/c12-7-16(14,15)11-9-4-2-1-3-8(9)5-6-10(11)13/h1-6,13H,7H2. The Balaban J connectivity index is 2.92. The van der Waals surface area contributed by atoms with Gasteiger partial charge in [-0.2, -0.15) is 0 Å². The zero-order valence-corrected chi connectivity index (χ0v) is 10.6. The van der Waals surface area contributed by atoms with Crippen molar-refractivity contribution < 1.29 is 13.5 Å². The Morgan fingerprint density at radius 1 is 1.12 bits per heavy atom. The van der Waals surface area contributed by atoms with E-state index in [4.69, 9.17) is 0 Å². The average Bonchev–Trinajstić information content (AvgIpc) is 2.28. The topological polar surface area (TPSA) is 54.4 Å². The summed E-state index contributed by atoms with van der Waals surface area (Å²) in [5, 5.41) is 11.0. The Kier molecular flexibility index (Phi) is 2.90. The van der Waals surface area contributed by atoms with E-state index in [0.717, 1.165) is 5.39 Å². The lowest BCUT2D eigenvalue weighted by molar-refractivity contribution is 0.461. The van der Waals surface area contributed by atoms with Gasteiger partial charge >= 0.3 is 0 Å². The molecular formula is C11H9BrO3S. The van der Waals surface area contributed by atoms with Crippen LogP contribution in [-0.2, 0) is 9.84 Å². The van der Waals surface area contributed by atoms with E-state index in [1.54, 1.807) is 18.2 Å². The maximum absolute atomic E-state index is 11.8. The van der Waals surface area contributed by atoms with Crippen molar-refractivity contribution >= 4 is 36.5 Å². The quantitative estimate of drug-likeness (QED) is 0.868. The number of rotatable bonds is 2. The lowest BCUT2D eigenvalue weighted by atomic mass is 10.1. The molecule has 0 amide bonds. The Morgan fingerprint density at radius 2 is 1.81 bits per heavy atom. The van der Waals surface area contributed by atoms with Crippen molar-refractivity contribution in [2.45, 2.75) is 4.90 Å². The monoisotopic (exact) mass is 300 g/mol. The molecule has 0 spiro atoms. The van der Waals surface area contributed by atoms with Crippen LogP contribution >= 0.6 is 15.9 Å². The van der Waals surface area contributed by atoms with Gasteiger partial charge in [-0.1, -0.05) is 46.3 Å². The fourth-order valence-corrected chi connectivity index (χ4v) is 3.32. The zero-order valence-electron chi connectivity index (χ0n) is 8.22. The van der Waals surface area contributed by atoms with Crippen LogP contribution in [0.15, 0.2) is 41.3 Å². The van der Waals surface area contributed by atoms with Crippen LogP contribution in [0.3, 0.4) is 0 Å². The molecule has 16 heavy (non-hydrogen) atoms. The van der Waals surface area contributed by atoms with Crippen molar-refractivity contribution in [3.05, 3.63) is 36.4 Å². The van der Waals surface area contributed by atoms with Crippen LogP contribution in [0.5, 0.6) is 5.75 Å². The molecule has 0 saturated heterocycles. The van der Waals surface area contributed by atoms with Crippen molar-refractivity contribution in [3.8, 4) is 5.75 Å². The molecule has 0 aliphatic carbocycles. The summed E-state index contributed by atoms with van der Waals surface area (Å²) in [4.78, 5) is -0.0116. The SMILES string of the molecule is O=S(=O)(CBr)c1c(O)ccc2ccccc12. The number of hydrogen-bond donors (Lipinski definition) is 1. The minimum absolute atomic E-state index is 0.0116. The summed E-state index contributed by atoms with van der Waals surface area (Å²) < 4.78 is 23.5. The van der Waals surface area contributed by atoms with E-state index in [1.807, 2.05) is 12.1 Å². The lowest BCUT2D eigenvalue weighted by Crippen LogP contribution is -2.02. The average molecular weight is 301 g/mol. The van der Waals surface area contributed by atoms with Gasteiger partial charge in [-0.15, -0.1) is 0 Å². The van der Waals surface area contributed by atoms with Crippen LogP contribution < -0.4 is 0 Å². The van der Waals surface area contributed by atoms with Crippen molar-refractivity contribution in [3.63, 3.8) is 0 Å². The summed E-state index contributed by atoms with van der Waals surface area (Å²) in [6.45, 7) is 0. The van der Waals surface area contributed by atoms with Gasteiger partial charge in [0.2, 0.25) is 0 Å². The third-order valence-electron chi connectivity index (χ3n) is 2.31. The second kappa shape index (κ2) is 4.07. The minimum Gasteiger partial charge on any atom is -0.507 e. The molecule has 0 atom stereocenters. The molecule has 2 aromatic rings. The molecule has 0 unspecified atom stereocenters. The largest absolute Gasteiger partial charge is 0.507 e. The summed E-state index contributed by atoms with van der Waals surface area (Å²) in [5.41, 5.74) is 0. The van der Waals surface area contributed by atoms with Crippen molar-refractivity contribution in [2.24, 2.45) is 0 Å². The first kappa shape index (κ1) is 11.4. The van der Waals surface area contributed by atoms with Gasteiger partial charge in [0.15, 0.2) is 9.84 Å². The van der Waals surface area contributed by atoms with Crippen LogP contribution in [0.4, 0.5) is 0 Å². The number of alkyl halides is 1. The van der Waals surface area contributed by atoms with Crippen LogP contribution in [0.2, 0.25) is 0 Å². The van der Waals surface area contributed by atoms with Gasteiger partial charge in [0.05, 0.1) is 0 Å². The first-order valence-electron chi connectivity index (χ1n) is 4.56. The number of hydrogen-bond acceptors (Lipinski definition) is 3. The van der Waals surface area contributed by atoms with Crippen LogP contribution in [-0.4, -0.2) is 18.2 Å². The summed E-state index contributed by atoms with van der Waals surface area (Å²) >= 11 is 2.93. The van der Waals surface area contributed by atoms with E-state index >= 15 is 0 Å². The molecule has 0 bridgehead atoms. The fourth-order valence-electron chi connectivity index (χ4n) is 1.61. The van der Waals surface area contributed by atoms with Gasteiger partial charge in [-0.3, -0.25) is 0 Å².